The van der Waals surface area contributed by atoms with E-state index in [9.17, 15) is 18.0 Å². The van der Waals surface area contributed by atoms with E-state index in [-0.39, 0.29) is 40.4 Å². The summed E-state index contributed by atoms with van der Waals surface area (Å²) >= 11 is 0. The van der Waals surface area contributed by atoms with Crippen LogP contribution in [0.5, 0.6) is 5.75 Å². The average molecular weight is 466 g/mol. The number of nitrogens with zero attached hydrogens (tertiary/aromatic N) is 4. The van der Waals surface area contributed by atoms with Gasteiger partial charge in [0.15, 0.2) is 5.65 Å². The Morgan fingerprint density at radius 2 is 1.97 bits per heavy atom. The molecule has 4 aromatic rings. The zero-order chi connectivity index (χ0) is 23.8. The Hall–Kier alpha value is -3.88. The van der Waals surface area contributed by atoms with Crippen LogP contribution in [0, 0.1) is 5.82 Å². The molecule has 174 valence electrons. The average Bonchev–Trinajstić information content (AvgIpc) is 3.50. The highest BCUT2D eigenvalue weighted by atomic mass is 19.3. The summed E-state index contributed by atoms with van der Waals surface area (Å²) in [7, 11) is 1.49. The molecule has 0 bridgehead atoms. The van der Waals surface area contributed by atoms with Crippen LogP contribution in [0.15, 0.2) is 60.8 Å². The number of aromatic nitrogens is 3. The van der Waals surface area contributed by atoms with E-state index in [0.29, 0.717) is 29.8 Å². The lowest BCUT2D eigenvalue weighted by Crippen LogP contribution is -2.30. The molecule has 1 fully saturated rings. The molecule has 9 heteroatoms. The molecule has 1 aliphatic heterocycles. The number of ether oxygens (including phenoxy) is 1. The number of halogens is 3. The van der Waals surface area contributed by atoms with Gasteiger partial charge in [-0.25, -0.2) is 22.7 Å². The van der Waals surface area contributed by atoms with Crippen molar-refractivity contribution in [2.24, 2.45) is 0 Å². The van der Waals surface area contributed by atoms with E-state index >= 15 is 0 Å². The van der Waals surface area contributed by atoms with Crippen molar-refractivity contribution in [3.63, 3.8) is 0 Å². The van der Waals surface area contributed by atoms with Gasteiger partial charge in [0.05, 0.1) is 25.0 Å². The Morgan fingerprint density at radius 3 is 2.74 bits per heavy atom. The minimum absolute atomic E-state index is 0.0357. The monoisotopic (exact) mass is 466 g/mol. The van der Waals surface area contributed by atoms with Crippen molar-refractivity contribution < 1.29 is 22.7 Å². The van der Waals surface area contributed by atoms with E-state index in [1.165, 1.54) is 31.5 Å². The van der Waals surface area contributed by atoms with Gasteiger partial charge in [-0.15, -0.1) is 0 Å². The summed E-state index contributed by atoms with van der Waals surface area (Å²) in [5.41, 5.74) is 1.23. The van der Waals surface area contributed by atoms with Crippen LogP contribution >= 0.6 is 0 Å². The first kappa shape index (κ1) is 21.9. The lowest BCUT2D eigenvalue weighted by atomic mass is 10.0. The van der Waals surface area contributed by atoms with Gasteiger partial charge in [0.25, 0.3) is 12.3 Å². The van der Waals surface area contributed by atoms with Gasteiger partial charge >= 0.3 is 0 Å². The number of rotatable bonds is 5. The summed E-state index contributed by atoms with van der Waals surface area (Å²) in [6.45, 7) is 0.464. The summed E-state index contributed by atoms with van der Waals surface area (Å²) in [6.07, 6.45) is -0.150. The number of fused-ring (bicyclic) bond motifs is 1. The number of methoxy groups -OCH3 is 1. The standard InChI is InChI=1S/C25H21F3N4O2/c1-34-22-10-3-2-8-17(22)19-13-21(23(27)28)32-24(30-19)18(14-29-32)25(33)31-11-5-9-20(31)15-6-4-7-16(26)12-15/h2-4,6-8,10,12-14,20,23H,5,9,11H2,1H3/t20-/m1/s1. The summed E-state index contributed by atoms with van der Waals surface area (Å²) in [5.74, 6) is -0.290. The molecule has 6 nitrogen and oxygen atoms in total. The second-order valence-corrected chi connectivity index (χ2v) is 8.07. The van der Waals surface area contributed by atoms with Gasteiger partial charge in [-0.3, -0.25) is 4.79 Å². The quantitative estimate of drug-likeness (QED) is 0.392. The van der Waals surface area contributed by atoms with Crippen molar-refractivity contribution in [3.8, 4) is 17.0 Å². The van der Waals surface area contributed by atoms with E-state index in [0.717, 1.165) is 10.9 Å². The number of hydrogen-bond donors (Lipinski definition) is 0. The molecule has 0 aliphatic carbocycles. The highest BCUT2D eigenvalue weighted by Crippen LogP contribution is 2.35. The van der Waals surface area contributed by atoms with Gasteiger partial charge in [0.2, 0.25) is 0 Å². The maximum atomic E-state index is 14.0. The van der Waals surface area contributed by atoms with Gasteiger partial charge in [0, 0.05) is 12.1 Å². The van der Waals surface area contributed by atoms with E-state index in [1.807, 2.05) is 0 Å². The third kappa shape index (κ3) is 3.76. The molecule has 3 heterocycles. The van der Waals surface area contributed by atoms with Crippen LogP contribution in [0.25, 0.3) is 16.9 Å². The predicted molar refractivity (Wildman–Crippen MR) is 119 cm³/mol. The van der Waals surface area contributed by atoms with Gasteiger partial charge in [-0.1, -0.05) is 24.3 Å². The molecule has 2 aromatic heterocycles. The summed E-state index contributed by atoms with van der Waals surface area (Å²) in [6, 6.07) is 14.0. The fourth-order valence-corrected chi connectivity index (χ4v) is 4.51. The van der Waals surface area contributed by atoms with Gasteiger partial charge in [-0.2, -0.15) is 5.10 Å². The molecule has 5 rings (SSSR count). The van der Waals surface area contributed by atoms with Crippen molar-refractivity contribution in [1.82, 2.24) is 19.5 Å². The van der Waals surface area contributed by atoms with Crippen LogP contribution in [-0.4, -0.2) is 39.1 Å². The number of benzene rings is 2. The molecule has 1 aliphatic rings. The van der Waals surface area contributed by atoms with Crippen molar-refractivity contribution >= 4 is 11.6 Å². The normalized spacial score (nSPS) is 15.9. The Balaban J connectivity index is 1.61. The molecule has 2 aromatic carbocycles. The molecule has 1 amide bonds. The second-order valence-electron chi connectivity index (χ2n) is 8.07. The molecule has 0 N–H and O–H groups in total. The second kappa shape index (κ2) is 8.81. The first-order valence-electron chi connectivity index (χ1n) is 10.8. The summed E-state index contributed by atoms with van der Waals surface area (Å²) in [5, 5.41) is 4.06. The van der Waals surface area contributed by atoms with Gasteiger partial charge in [0.1, 0.15) is 22.8 Å². The molecule has 1 atom stereocenters. The highest BCUT2D eigenvalue weighted by molar-refractivity contribution is 6.00. The van der Waals surface area contributed by atoms with E-state index in [4.69, 9.17) is 4.74 Å². The molecule has 34 heavy (non-hydrogen) atoms. The number of amides is 1. The van der Waals surface area contributed by atoms with Crippen LogP contribution in [0.1, 0.15) is 46.9 Å². The van der Waals surface area contributed by atoms with Gasteiger partial charge in [-0.05, 0) is 48.7 Å². The maximum Gasteiger partial charge on any atom is 0.280 e. The summed E-state index contributed by atoms with van der Waals surface area (Å²) in [4.78, 5) is 19.7. The first-order valence-corrected chi connectivity index (χ1v) is 10.8. The molecular formula is C25H21F3N4O2. The van der Waals surface area contributed by atoms with E-state index in [2.05, 4.69) is 10.1 Å². The maximum absolute atomic E-state index is 14.0. The zero-order valence-corrected chi connectivity index (χ0v) is 18.3. The summed E-state index contributed by atoms with van der Waals surface area (Å²) < 4.78 is 48.1. The van der Waals surface area contributed by atoms with Crippen molar-refractivity contribution in [3.05, 3.63) is 83.4 Å². The Kier molecular flexibility index (Phi) is 5.69. The number of hydrogen-bond acceptors (Lipinski definition) is 4. The molecule has 1 saturated heterocycles. The van der Waals surface area contributed by atoms with Crippen LogP contribution in [0.2, 0.25) is 0 Å². The first-order chi connectivity index (χ1) is 16.5. The third-order valence-corrected chi connectivity index (χ3v) is 6.08. The lowest BCUT2D eigenvalue weighted by Gasteiger charge is -2.24. The Labute approximate surface area is 193 Å². The highest BCUT2D eigenvalue weighted by Gasteiger charge is 2.33. The smallest absolute Gasteiger partial charge is 0.280 e. The Bertz CT molecular complexity index is 1370. The van der Waals surface area contributed by atoms with Crippen LogP contribution in [0.4, 0.5) is 13.2 Å². The van der Waals surface area contributed by atoms with Crippen LogP contribution in [-0.2, 0) is 0 Å². The number of para-hydroxylation sites is 1. The van der Waals surface area contributed by atoms with Crippen molar-refractivity contribution in [2.75, 3.05) is 13.7 Å². The Morgan fingerprint density at radius 1 is 1.15 bits per heavy atom. The fraction of sp³-hybridized carbons (Fsp3) is 0.240. The molecule has 0 radical (unpaired) electrons. The fourth-order valence-electron chi connectivity index (χ4n) is 4.51. The number of carbonyl (C=O) groups is 1. The molecule has 0 spiro atoms. The number of alkyl halides is 2. The minimum atomic E-state index is -2.84. The van der Waals surface area contributed by atoms with Crippen LogP contribution in [0.3, 0.4) is 0 Å². The minimum Gasteiger partial charge on any atom is -0.496 e. The van der Waals surface area contributed by atoms with Crippen LogP contribution < -0.4 is 4.74 Å². The van der Waals surface area contributed by atoms with Gasteiger partial charge < -0.3 is 9.64 Å². The van der Waals surface area contributed by atoms with Crippen molar-refractivity contribution in [1.29, 1.82) is 0 Å². The van der Waals surface area contributed by atoms with Crippen molar-refractivity contribution in [2.45, 2.75) is 25.3 Å². The van der Waals surface area contributed by atoms with E-state index in [1.54, 1.807) is 41.3 Å². The topological polar surface area (TPSA) is 59.7 Å². The molecule has 0 saturated carbocycles. The largest absolute Gasteiger partial charge is 0.496 e. The van der Waals surface area contributed by atoms with E-state index < -0.39 is 6.43 Å². The lowest BCUT2D eigenvalue weighted by molar-refractivity contribution is 0.0737. The predicted octanol–water partition coefficient (Wildman–Crippen LogP) is 5.46. The zero-order valence-electron chi connectivity index (χ0n) is 18.3. The number of carbonyl (C=O) groups excluding carboxylic acids is 1. The third-order valence-electron chi connectivity index (χ3n) is 6.08. The molecule has 0 unspecified atom stereocenters. The SMILES string of the molecule is COc1ccccc1-c1cc(C(F)F)n2ncc(C(=O)N3CCC[C@@H]3c3cccc(F)c3)c2n1. The number of likely N-dealkylation sites (tertiary alicyclic amines) is 1. The molecular weight excluding hydrogens is 445 g/mol.